The van der Waals surface area contributed by atoms with E-state index in [1.165, 1.54) is 75.5 Å². The van der Waals surface area contributed by atoms with E-state index in [1.54, 1.807) is 6.07 Å². The van der Waals surface area contributed by atoms with Gasteiger partial charge in [0.15, 0.2) is 11.6 Å². The second kappa shape index (κ2) is 16.5. The van der Waals surface area contributed by atoms with Gasteiger partial charge in [0, 0.05) is 11.6 Å². The van der Waals surface area contributed by atoms with Crippen molar-refractivity contribution in [2.24, 2.45) is 5.92 Å². The van der Waals surface area contributed by atoms with E-state index in [2.05, 4.69) is 16.4 Å². The second-order valence-electron chi connectivity index (χ2n) is 13.2. The van der Waals surface area contributed by atoms with Gasteiger partial charge in [-0.15, -0.1) is 13.2 Å². The van der Waals surface area contributed by atoms with Crippen molar-refractivity contribution in [1.82, 2.24) is 0 Å². The third kappa shape index (κ3) is 10.0. The normalized spacial score (nSPS) is 16.7. The van der Waals surface area contributed by atoms with Crippen molar-refractivity contribution in [3.8, 4) is 33.8 Å². The van der Waals surface area contributed by atoms with Crippen LogP contribution in [0.2, 0.25) is 0 Å². The van der Waals surface area contributed by atoms with Gasteiger partial charge in [0.2, 0.25) is 0 Å². The smallest absolute Gasteiger partial charge is 0.429 e. The maximum Gasteiger partial charge on any atom is 0.573 e. The number of alkyl halides is 5. The van der Waals surface area contributed by atoms with Crippen LogP contribution < -0.4 is 9.47 Å². The van der Waals surface area contributed by atoms with Gasteiger partial charge in [-0.2, -0.15) is 8.78 Å². The summed E-state index contributed by atoms with van der Waals surface area (Å²) in [7, 11) is 0. The van der Waals surface area contributed by atoms with Crippen molar-refractivity contribution >= 4 is 0 Å². The molecule has 2 nitrogen and oxygen atoms in total. The Morgan fingerprint density at radius 3 is 1.80 bits per heavy atom. The Kier molecular flexibility index (Phi) is 12.3. The molecule has 4 aromatic carbocycles. The van der Waals surface area contributed by atoms with Crippen molar-refractivity contribution in [2.45, 2.75) is 95.9 Å². The Morgan fingerprint density at radius 2 is 1.20 bits per heavy atom. The van der Waals surface area contributed by atoms with E-state index < -0.39 is 52.8 Å². The van der Waals surface area contributed by atoms with E-state index in [4.69, 9.17) is 0 Å². The third-order valence-electron chi connectivity index (χ3n) is 9.52. The van der Waals surface area contributed by atoms with Crippen molar-refractivity contribution in [2.75, 3.05) is 0 Å². The lowest BCUT2D eigenvalue weighted by Crippen LogP contribution is -2.25. The van der Waals surface area contributed by atoms with Gasteiger partial charge < -0.3 is 9.47 Å². The van der Waals surface area contributed by atoms with Gasteiger partial charge in [-0.3, -0.25) is 0 Å². The Balaban J connectivity index is 1.22. The van der Waals surface area contributed by atoms with E-state index in [1.807, 2.05) is 24.3 Å². The van der Waals surface area contributed by atoms with Crippen LogP contribution in [0.15, 0.2) is 72.8 Å². The molecule has 4 aromatic rings. The van der Waals surface area contributed by atoms with Crippen molar-refractivity contribution in [3.63, 3.8) is 0 Å². The summed E-state index contributed by atoms with van der Waals surface area (Å²) >= 11 is 0. The molecule has 0 heterocycles. The van der Waals surface area contributed by atoms with E-state index in [0.717, 1.165) is 24.3 Å². The summed E-state index contributed by atoms with van der Waals surface area (Å²) in [4.78, 5) is 0. The Bertz CT molecular complexity index is 1740. The zero-order chi connectivity index (χ0) is 36.8. The summed E-state index contributed by atoms with van der Waals surface area (Å²) in [5.74, 6) is -7.21. The fraction of sp³-hybridized carbons (Fsp3) is 0.400. The summed E-state index contributed by atoms with van der Waals surface area (Å²) in [6, 6.07) is 14.0. The molecule has 1 aliphatic rings. The lowest BCUT2D eigenvalue weighted by Gasteiger charge is -2.29. The SMILES string of the molecule is CCCCCCCCC1CCC(c2ccc(-c3ccc(-c4cc(F)c(C(F)(F)Oc5ccc(OC(F)(F)F)c(F)c5)c(F)c4)c(F)c3)cc2)CC1. The topological polar surface area (TPSA) is 18.5 Å². The molecule has 5 rings (SSSR count). The maximum atomic E-state index is 15.3. The van der Waals surface area contributed by atoms with Crippen LogP contribution in [0.5, 0.6) is 11.5 Å². The lowest BCUT2D eigenvalue weighted by molar-refractivity contribution is -0.275. The first kappa shape index (κ1) is 38.1. The Morgan fingerprint density at radius 1 is 0.588 bits per heavy atom. The van der Waals surface area contributed by atoms with Crippen LogP contribution in [0.4, 0.5) is 39.5 Å². The minimum atomic E-state index is -5.25. The lowest BCUT2D eigenvalue weighted by atomic mass is 9.77. The molecular weight excluding hydrogens is 683 g/mol. The monoisotopic (exact) mass is 722 g/mol. The van der Waals surface area contributed by atoms with Crippen LogP contribution in [-0.4, -0.2) is 6.36 Å². The van der Waals surface area contributed by atoms with Gasteiger partial charge in [0.05, 0.1) is 0 Å². The van der Waals surface area contributed by atoms with Gasteiger partial charge in [0.1, 0.15) is 28.8 Å². The third-order valence-corrected chi connectivity index (χ3v) is 9.52. The van der Waals surface area contributed by atoms with Gasteiger partial charge >= 0.3 is 12.5 Å². The highest BCUT2D eigenvalue weighted by Crippen LogP contribution is 2.41. The molecule has 0 bridgehead atoms. The molecule has 1 aliphatic carbocycles. The summed E-state index contributed by atoms with van der Waals surface area (Å²) in [5.41, 5.74) is 0.0189. The van der Waals surface area contributed by atoms with Gasteiger partial charge in [-0.25, -0.2) is 17.6 Å². The summed E-state index contributed by atoms with van der Waals surface area (Å²) in [5, 5.41) is 0. The summed E-state index contributed by atoms with van der Waals surface area (Å²) < 4.78 is 134. The minimum Gasteiger partial charge on any atom is -0.429 e. The van der Waals surface area contributed by atoms with Crippen LogP contribution in [0.3, 0.4) is 0 Å². The molecule has 0 aliphatic heterocycles. The van der Waals surface area contributed by atoms with Crippen molar-refractivity contribution in [1.29, 1.82) is 0 Å². The highest BCUT2D eigenvalue weighted by atomic mass is 19.4. The first-order valence-electron chi connectivity index (χ1n) is 17.3. The number of halogens is 9. The largest absolute Gasteiger partial charge is 0.573 e. The number of ether oxygens (including phenoxy) is 2. The van der Waals surface area contributed by atoms with Crippen LogP contribution >= 0.6 is 0 Å². The molecule has 0 N–H and O–H groups in total. The molecule has 274 valence electrons. The van der Waals surface area contributed by atoms with Gasteiger partial charge in [-0.05, 0) is 90.1 Å². The molecule has 0 saturated heterocycles. The van der Waals surface area contributed by atoms with Crippen LogP contribution in [0, 0.1) is 29.2 Å². The molecular formula is C40H39F9O2. The fourth-order valence-corrected chi connectivity index (χ4v) is 6.83. The molecule has 0 aromatic heterocycles. The number of hydrogen-bond acceptors (Lipinski definition) is 2. The highest BCUT2D eigenvalue weighted by molar-refractivity contribution is 5.71. The number of rotatable bonds is 14. The molecule has 0 amide bonds. The number of hydrogen-bond donors (Lipinski definition) is 0. The van der Waals surface area contributed by atoms with Crippen LogP contribution in [0.1, 0.15) is 94.6 Å². The summed E-state index contributed by atoms with van der Waals surface area (Å²) in [6.45, 7) is 2.23. The van der Waals surface area contributed by atoms with Crippen molar-refractivity contribution < 1.29 is 49.0 Å². The zero-order valence-corrected chi connectivity index (χ0v) is 28.1. The maximum absolute atomic E-state index is 15.3. The van der Waals surface area contributed by atoms with E-state index in [-0.39, 0.29) is 17.2 Å². The first-order valence-corrected chi connectivity index (χ1v) is 17.3. The summed E-state index contributed by atoms with van der Waals surface area (Å²) in [6.07, 6.45) is 3.89. The average Bonchev–Trinajstić information content (AvgIpc) is 3.07. The number of benzene rings is 4. The molecule has 1 saturated carbocycles. The van der Waals surface area contributed by atoms with E-state index in [9.17, 15) is 35.1 Å². The average molecular weight is 723 g/mol. The zero-order valence-electron chi connectivity index (χ0n) is 28.1. The molecule has 11 heteroatoms. The number of unbranched alkanes of at least 4 members (excludes halogenated alkanes) is 5. The fourth-order valence-electron chi connectivity index (χ4n) is 6.83. The predicted octanol–water partition coefficient (Wildman–Crippen LogP) is 13.6. The van der Waals surface area contributed by atoms with Gasteiger partial charge in [-0.1, -0.05) is 88.3 Å². The molecule has 0 radical (unpaired) electrons. The predicted molar refractivity (Wildman–Crippen MR) is 177 cm³/mol. The van der Waals surface area contributed by atoms with E-state index in [0.29, 0.717) is 35.7 Å². The second-order valence-corrected chi connectivity index (χ2v) is 13.2. The standard InChI is InChI=1S/C40H39F9O2/c1-2-3-4-5-6-7-8-25-9-11-26(12-10-25)27-13-15-28(16-14-27)29-17-19-32(33(41)21-29)30-22-35(43)38(36(44)23-30)39(45,46)50-31-18-20-37(34(42)24-31)51-40(47,48)49/h13-26H,2-12H2,1H3. The highest BCUT2D eigenvalue weighted by Gasteiger charge is 2.42. The first-order chi connectivity index (χ1) is 24.2. The molecule has 51 heavy (non-hydrogen) atoms. The Labute approximate surface area is 291 Å². The molecule has 0 unspecified atom stereocenters. The van der Waals surface area contributed by atoms with Gasteiger partial charge in [0.25, 0.3) is 0 Å². The van der Waals surface area contributed by atoms with Crippen LogP contribution in [0.25, 0.3) is 22.3 Å². The van der Waals surface area contributed by atoms with Crippen LogP contribution in [-0.2, 0) is 6.11 Å². The quantitative estimate of drug-likeness (QED) is 0.0953. The van der Waals surface area contributed by atoms with Crippen molar-refractivity contribution in [3.05, 3.63) is 107 Å². The van der Waals surface area contributed by atoms with E-state index >= 15 is 4.39 Å². The molecule has 1 fully saturated rings. The minimum absolute atomic E-state index is 0.145. The Hall–Kier alpha value is -4.15. The molecule has 0 spiro atoms. The molecule has 0 atom stereocenters.